The van der Waals surface area contributed by atoms with Crippen molar-refractivity contribution in [3.8, 4) is 11.8 Å². The van der Waals surface area contributed by atoms with E-state index in [0.717, 1.165) is 16.8 Å². The first kappa shape index (κ1) is 14.1. The Kier molecular flexibility index (Phi) is 4.74. The molecule has 20 heavy (non-hydrogen) atoms. The standard InChI is InChI=1S/C19H19N/c1-15(2)20-19(18-12-9-16(3)10-13-18)14-11-17-7-5-4-6-8-17/h4-10,12-13,15H,1-3H3. The van der Waals surface area contributed by atoms with Crippen LogP contribution in [0, 0.1) is 18.8 Å². The van der Waals surface area contributed by atoms with E-state index >= 15 is 0 Å². The maximum absolute atomic E-state index is 4.63. The van der Waals surface area contributed by atoms with E-state index in [2.05, 4.69) is 61.9 Å². The van der Waals surface area contributed by atoms with E-state index in [1.807, 2.05) is 30.3 Å². The van der Waals surface area contributed by atoms with Crippen LogP contribution in [-0.4, -0.2) is 11.8 Å². The maximum Gasteiger partial charge on any atom is 0.115 e. The Labute approximate surface area is 121 Å². The molecule has 0 aliphatic heterocycles. The van der Waals surface area contributed by atoms with Gasteiger partial charge in [-0.3, -0.25) is 4.99 Å². The van der Waals surface area contributed by atoms with Crippen LogP contribution in [-0.2, 0) is 0 Å². The first-order valence-electron chi connectivity index (χ1n) is 6.87. The van der Waals surface area contributed by atoms with E-state index < -0.39 is 0 Å². The highest BCUT2D eigenvalue weighted by atomic mass is 14.8. The maximum atomic E-state index is 4.63. The Hall–Kier alpha value is -2.33. The van der Waals surface area contributed by atoms with Gasteiger partial charge in [-0.15, -0.1) is 0 Å². The highest BCUT2D eigenvalue weighted by Crippen LogP contribution is 2.06. The number of nitrogens with zero attached hydrogens (tertiary/aromatic N) is 1. The molecule has 1 nitrogen and oxygen atoms in total. The summed E-state index contributed by atoms with van der Waals surface area (Å²) in [5, 5.41) is 0. The smallest absolute Gasteiger partial charge is 0.115 e. The quantitative estimate of drug-likeness (QED) is 0.566. The molecular formula is C19H19N. The van der Waals surface area contributed by atoms with Crippen molar-refractivity contribution in [2.24, 2.45) is 4.99 Å². The highest BCUT2D eigenvalue weighted by Gasteiger charge is 2.01. The topological polar surface area (TPSA) is 12.4 Å². The van der Waals surface area contributed by atoms with Gasteiger partial charge in [0.2, 0.25) is 0 Å². The number of aliphatic imine (C=N–C) groups is 1. The van der Waals surface area contributed by atoms with Crippen LogP contribution in [0.2, 0.25) is 0 Å². The molecule has 0 radical (unpaired) electrons. The molecule has 0 fully saturated rings. The van der Waals surface area contributed by atoms with Crippen molar-refractivity contribution in [3.05, 3.63) is 71.3 Å². The van der Waals surface area contributed by atoms with E-state index in [-0.39, 0.29) is 6.04 Å². The third-order valence-corrected chi connectivity index (χ3v) is 2.81. The van der Waals surface area contributed by atoms with Gasteiger partial charge in [0.15, 0.2) is 0 Å². The normalized spacial score (nSPS) is 11.1. The minimum Gasteiger partial charge on any atom is -0.273 e. The summed E-state index contributed by atoms with van der Waals surface area (Å²) in [7, 11) is 0. The van der Waals surface area contributed by atoms with Gasteiger partial charge in [0.25, 0.3) is 0 Å². The van der Waals surface area contributed by atoms with Gasteiger partial charge in [-0.2, -0.15) is 0 Å². The molecule has 2 aromatic rings. The number of rotatable bonds is 2. The van der Waals surface area contributed by atoms with Crippen LogP contribution in [0.25, 0.3) is 0 Å². The van der Waals surface area contributed by atoms with Crippen LogP contribution in [0.15, 0.2) is 59.6 Å². The Bertz CT molecular complexity index is 638. The van der Waals surface area contributed by atoms with Gasteiger partial charge in [0.1, 0.15) is 5.71 Å². The lowest BCUT2D eigenvalue weighted by Crippen LogP contribution is -2.02. The molecule has 0 bridgehead atoms. The van der Waals surface area contributed by atoms with Crippen molar-refractivity contribution in [3.63, 3.8) is 0 Å². The molecular weight excluding hydrogens is 242 g/mol. The lowest BCUT2D eigenvalue weighted by Gasteiger charge is -2.03. The Morgan fingerprint density at radius 1 is 0.950 bits per heavy atom. The van der Waals surface area contributed by atoms with Gasteiger partial charge in [-0.05, 0) is 38.8 Å². The molecule has 0 aromatic heterocycles. The average molecular weight is 261 g/mol. The monoisotopic (exact) mass is 261 g/mol. The Morgan fingerprint density at radius 2 is 1.60 bits per heavy atom. The second-order valence-corrected chi connectivity index (χ2v) is 5.05. The third-order valence-electron chi connectivity index (χ3n) is 2.81. The molecule has 0 aliphatic rings. The van der Waals surface area contributed by atoms with Crippen LogP contribution in [0.3, 0.4) is 0 Å². The number of benzene rings is 2. The van der Waals surface area contributed by atoms with E-state index in [1.54, 1.807) is 0 Å². The minimum absolute atomic E-state index is 0.233. The summed E-state index contributed by atoms with van der Waals surface area (Å²) in [6.07, 6.45) is 0. The SMILES string of the molecule is Cc1ccc(C(C#Cc2ccccc2)=NC(C)C)cc1. The lowest BCUT2D eigenvalue weighted by atomic mass is 10.1. The van der Waals surface area contributed by atoms with E-state index in [4.69, 9.17) is 0 Å². The predicted octanol–water partition coefficient (Wildman–Crippen LogP) is 4.24. The van der Waals surface area contributed by atoms with Crippen LogP contribution >= 0.6 is 0 Å². The molecule has 0 saturated heterocycles. The van der Waals surface area contributed by atoms with Gasteiger partial charge < -0.3 is 0 Å². The molecule has 0 aliphatic carbocycles. The van der Waals surface area contributed by atoms with Gasteiger partial charge in [-0.1, -0.05) is 53.9 Å². The van der Waals surface area contributed by atoms with Gasteiger partial charge in [0, 0.05) is 17.2 Å². The number of hydrogen-bond donors (Lipinski definition) is 0. The largest absolute Gasteiger partial charge is 0.273 e. The summed E-state index contributed by atoms with van der Waals surface area (Å²) in [4.78, 5) is 4.63. The number of hydrogen-bond acceptors (Lipinski definition) is 1. The van der Waals surface area contributed by atoms with Crippen molar-refractivity contribution < 1.29 is 0 Å². The molecule has 0 saturated carbocycles. The zero-order valence-electron chi connectivity index (χ0n) is 12.2. The summed E-state index contributed by atoms with van der Waals surface area (Å²) in [5.41, 5.74) is 4.18. The molecule has 0 spiro atoms. The predicted molar refractivity (Wildman–Crippen MR) is 86.2 cm³/mol. The van der Waals surface area contributed by atoms with Gasteiger partial charge in [-0.25, -0.2) is 0 Å². The zero-order valence-corrected chi connectivity index (χ0v) is 12.2. The third kappa shape index (κ3) is 4.10. The fraction of sp³-hybridized carbons (Fsp3) is 0.211. The molecule has 1 heteroatoms. The first-order chi connectivity index (χ1) is 9.65. The van der Waals surface area contributed by atoms with Crippen LogP contribution < -0.4 is 0 Å². The zero-order chi connectivity index (χ0) is 14.4. The molecule has 2 rings (SSSR count). The fourth-order valence-electron chi connectivity index (χ4n) is 1.80. The Morgan fingerprint density at radius 3 is 2.20 bits per heavy atom. The fourth-order valence-corrected chi connectivity index (χ4v) is 1.80. The van der Waals surface area contributed by atoms with E-state index in [0.29, 0.717) is 0 Å². The second kappa shape index (κ2) is 6.73. The summed E-state index contributed by atoms with van der Waals surface area (Å²) >= 11 is 0. The molecule has 0 N–H and O–H groups in total. The minimum atomic E-state index is 0.233. The van der Waals surface area contributed by atoms with Crippen LogP contribution in [0.1, 0.15) is 30.5 Å². The molecule has 0 amide bonds. The van der Waals surface area contributed by atoms with Crippen molar-refractivity contribution >= 4 is 5.71 Å². The van der Waals surface area contributed by atoms with Gasteiger partial charge in [0.05, 0.1) is 0 Å². The summed E-state index contributed by atoms with van der Waals surface area (Å²) in [6, 6.07) is 18.6. The van der Waals surface area contributed by atoms with Crippen molar-refractivity contribution in [1.82, 2.24) is 0 Å². The molecule has 0 unspecified atom stereocenters. The second-order valence-electron chi connectivity index (χ2n) is 5.05. The van der Waals surface area contributed by atoms with E-state index in [9.17, 15) is 0 Å². The first-order valence-corrected chi connectivity index (χ1v) is 6.87. The molecule has 0 heterocycles. The lowest BCUT2D eigenvalue weighted by molar-refractivity contribution is 0.838. The molecule has 100 valence electrons. The van der Waals surface area contributed by atoms with Crippen molar-refractivity contribution in [1.29, 1.82) is 0 Å². The van der Waals surface area contributed by atoms with Gasteiger partial charge >= 0.3 is 0 Å². The van der Waals surface area contributed by atoms with Crippen molar-refractivity contribution in [2.75, 3.05) is 0 Å². The summed E-state index contributed by atoms with van der Waals surface area (Å²) in [5.74, 6) is 6.39. The average Bonchev–Trinajstić information content (AvgIpc) is 2.45. The molecule has 0 atom stereocenters. The summed E-state index contributed by atoms with van der Waals surface area (Å²) in [6.45, 7) is 6.22. The summed E-state index contributed by atoms with van der Waals surface area (Å²) < 4.78 is 0. The van der Waals surface area contributed by atoms with Crippen molar-refractivity contribution in [2.45, 2.75) is 26.8 Å². The molecule has 2 aromatic carbocycles. The Balaban J connectivity index is 2.35. The van der Waals surface area contributed by atoms with Crippen LogP contribution in [0.5, 0.6) is 0 Å². The van der Waals surface area contributed by atoms with E-state index in [1.165, 1.54) is 5.56 Å². The number of aryl methyl sites for hydroxylation is 1. The van der Waals surface area contributed by atoms with Crippen LogP contribution in [0.4, 0.5) is 0 Å². The highest BCUT2D eigenvalue weighted by molar-refractivity contribution is 6.13.